The molecule has 0 unspecified atom stereocenters. The Morgan fingerprint density at radius 2 is 2.27 bits per heavy atom. The number of carbonyl (C=O) groups excluding carboxylic acids is 1. The summed E-state index contributed by atoms with van der Waals surface area (Å²) in [6.07, 6.45) is 1.99. The summed E-state index contributed by atoms with van der Waals surface area (Å²) in [6, 6.07) is 11.5. The van der Waals surface area contributed by atoms with E-state index in [1.807, 2.05) is 48.0 Å². The Morgan fingerprint density at radius 1 is 1.36 bits per heavy atom. The molecule has 8 heteroatoms. The van der Waals surface area contributed by atoms with Gasteiger partial charge in [0.15, 0.2) is 0 Å². The minimum atomic E-state index is -0.187. The van der Waals surface area contributed by atoms with E-state index in [0.29, 0.717) is 5.82 Å². The second-order valence-corrected chi connectivity index (χ2v) is 6.23. The Kier molecular flexibility index (Phi) is 4.50. The van der Waals surface area contributed by atoms with Crippen molar-refractivity contribution in [2.45, 2.75) is 11.4 Å². The predicted molar refractivity (Wildman–Crippen MR) is 88.0 cm³/mol. The highest BCUT2D eigenvalue weighted by atomic mass is 32.2. The van der Waals surface area contributed by atoms with E-state index in [2.05, 4.69) is 20.7 Å². The number of amides is 1. The van der Waals surface area contributed by atoms with Crippen molar-refractivity contribution in [3.63, 3.8) is 0 Å². The normalized spacial score (nSPS) is 10.6. The molecule has 112 valence electrons. The van der Waals surface area contributed by atoms with E-state index in [1.54, 1.807) is 11.8 Å². The Balaban J connectivity index is 1.64. The van der Waals surface area contributed by atoms with Gasteiger partial charge in [-0.25, -0.2) is 0 Å². The lowest BCUT2D eigenvalue weighted by molar-refractivity contribution is -0.117. The highest BCUT2D eigenvalue weighted by Crippen LogP contribution is 2.20. The Morgan fingerprint density at radius 3 is 3.05 bits per heavy atom. The van der Waals surface area contributed by atoms with E-state index in [0.717, 1.165) is 15.5 Å². The molecule has 2 heterocycles. The molecule has 0 atom stereocenters. The van der Waals surface area contributed by atoms with Gasteiger partial charge in [0.1, 0.15) is 6.54 Å². The van der Waals surface area contributed by atoms with Gasteiger partial charge in [0.05, 0.1) is 4.88 Å². The highest BCUT2D eigenvalue weighted by molar-refractivity contribution is 7.98. The molecule has 0 aliphatic rings. The molecular weight excluding hydrogens is 318 g/mol. The third-order valence-corrected chi connectivity index (χ3v) is 4.42. The fourth-order valence-corrected chi connectivity index (χ4v) is 2.95. The van der Waals surface area contributed by atoms with Crippen LogP contribution in [0.3, 0.4) is 0 Å². The first-order chi connectivity index (χ1) is 10.7. The number of nitrogens with zero attached hydrogens (tertiary/aromatic N) is 4. The molecule has 0 aliphatic heterocycles. The van der Waals surface area contributed by atoms with Crippen LogP contribution in [0.15, 0.2) is 46.7 Å². The molecule has 1 aromatic carbocycles. The molecule has 3 aromatic rings. The van der Waals surface area contributed by atoms with Gasteiger partial charge in [0.25, 0.3) is 0 Å². The van der Waals surface area contributed by atoms with Gasteiger partial charge < -0.3 is 5.32 Å². The molecule has 22 heavy (non-hydrogen) atoms. The third-order valence-electron chi connectivity index (χ3n) is 2.83. The van der Waals surface area contributed by atoms with E-state index in [-0.39, 0.29) is 12.5 Å². The molecule has 3 rings (SSSR count). The second kappa shape index (κ2) is 6.71. The largest absolute Gasteiger partial charge is 0.324 e. The predicted octanol–water partition coefficient (Wildman–Crippen LogP) is 2.76. The number of thiophene rings is 1. The topological polar surface area (TPSA) is 72.7 Å². The number of nitrogens with one attached hydrogen (secondary N) is 1. The smallest absolute Gasteiger partial charge is 0.248 e. The summed E-state index contributed by atoms with van der Waals surface area (Å²) in [6.45, 7) is 0.0296. The number of aromatic nitrogens is 4. The number of benzene rings is 1. The molecule has 1 amide bonds. The molecular formula is C14H13N5OS2. The standard InChI is InChI=1S/C14H13N5OS2/c1-21-11-5-2-4-10(8-11)15-13(20)9-19-17-14(16-18-19)12-6-3-7-22-12/h2-8H,9H2,1H3,(H,15,20). The van der Waals surface area contributed by atoms with E-state index in [9.17, 15) is 4.79 Å². The zero-order valence-electron chi connectivity index (χ0n) is 11.8. The van der Waals surface area contributed by atoms with Crippen molar-refractivity contribution in [1.29, 1.82) is 0 Å². The van der Waals surface area contributed by atoms with Gasteiger partial charge in [0.2, 0.25) is 11.7 Å². The summed E-state index contributed by atoms with van der Waals surface area (Å²) < 4.78 is 0. The third kappa shape index (κ3) is 3.52. The number of rotatable bonds is 5. The number of tetrazole rings is 1. The first kappa shape index (κ1) is 14.7. The lowest BCUT2D eigenvalue weighted by atomic mass is 10.3. The van der Waals surface area contributed by atoms with Gasteiger partial charge in [0, 0.05) is 10.6 Å². The van der Waals surface area contributed by atoms with Crippen molar-refractivity contribution >= 4 is 34.7 Å². The van der Waals surface area contributed by atoms with Gasteiger partial charge in [-0.05, 0) is 41.1 Å². The zero-order valence-corrected chi connectivity index (χ0v) is 13.4. The number of anilines is 1. The maximum absolute atomic E-state index is 12.0. The summed E-state index contributed by atoms with van der Waals surface area (Å²) in [4.78, 5) is 15.4. The monoisotopic (exact) mass is 331 g/mol. The fraction of sp³-hybridized carbons (Fsp3) is 0.143. The first-order valence-corrected chi connectivity index (χ1v) is 8.60. The Bertz CT molecular complexity index is 769. The minimum Gasteiger partial charge on any atom is -0.324 e. The summed E-state index contributed by atoms with van der Waals surface area (Å²) in [5.74, 6) is 0.348. The van der Waals surface area contributed by atoms with Crippen LogP contribution in [0.4, 0.5) is 5.69 Å². The van der Waals surface area contributed by atoms with Crippen LogP contribution < -0.4 is 5.32 Å². The van der Waals surface area contributed by atoms with Crippen LogP contribution >= 0.6 is 23.1 Å². The van der Waals surface area contributed by atoms with Crippen molar-refractivity contribution < 1.29 is 4.79 Å². The SMILES string of the molecule is CSc1cccc(NC(=O)Cn2nnc(-c3cccs3)n2)c1. The molecule has 0 fully saturated rings. The average molecular weight is 331 g/mol. The van der Waals surface area contributed by atoms with Crippen molar-refractivity contribution in [2.75, 3.05) is 11.6 Å². The van der Waals surface area contributed by atoms with Crippen molar-refractivity contribution in [2.24, 2.45) is 0 Å². The van der Waals surface area contributed by atoms with Crippen molar-refractivity contribution in [3.05, 3.63) is 41.8 Å². The van der Waals surface area contributed by atoms with Gasteiger partial charge in [-0.15, -0.1) is 33.3 Å². The van der Waals surface area contributed by atoms with Crippen LogP contribution in [-0.2, 0) is 11.3 Å². The molecule has 0 saturated carbocycles. The van der Waals surface area contributed by atoms with Gasteiger partial charge in [-0.1, -0.05) is 12.1 Å². The number of hydrogen-bond acceptors (Lipinski definition) is 6. The summed E-state index contributed by atoms with van der Waals surface area (Å²) >= 11 is 3.16. The number of thioether (sulfide) groups is 1. The van der Waals surface area contributed by atoms with E-state index in [4.69, 9.17) is 0 Å². The quantitative estimate of drug-likeness (QED) is 0.728. The van der Waals surface area contributed by atoms with Crippen LogP contribution in [0, 0.1) is 0 Å². The molecule has 0 bridgehead atoms. The fourth-order valence-electron chi connectivity index (χ4n) is 1.84. The van der Waals surface area contributed by atoms with Crippen LogP contribution in [0.1, 0.15) is 0 Å². The lowest BCUT2D eigenvalue weighted by Crippen LogP contribution is -2.20. The van der Waals surface area contributed by atoms with Crippen LogP contribution in [0.5, 0.6) is 0 Å². The molecule has 0 spiro atoms. The number of hydrogen-bond donors (Lipinski definition) is 1. The molecule has 1 N–H and O–H groups in total. The average Bonchev–Trinajstić information content (AvgIpc) is 3.18. The maximum atomic E-state index is 12.0. The van der Waals surface area contributed by atoms with Crippen molar-refractivity contribution in [1.82, 2.24) is 20.2 Å². The van der Waals surface area contributed by atoms with Crippen molar-refractivity contribution in [3.8, 4) is 10.7 Å². The molecule has 2 aromatic heterocycles. The van der Waals surface area contributed by atoms with E-state index >= 15 is 0 Å². The molecule has 0 radical (unpaired) electrons. The highest BCUT2D eigenvalue weighted by Gasteiger charge is 2.10. The Hall–Kier alpha value is -2.19. The van der Waals surface area contributed by atoms with Crippen LogP contribution in [-0.4, -0.2) is 32.4 Å². The van der Waals surface area contributed by atoms with Crippen LogP contribution in [0.25, 0.3) is 10.7 Å². The molecule has 6 nitrogen and oxygen atoms in total. The Labute approximate surface area is 135 Å². The zero-order chi connectivity index (χ0) is 15.4. The van der Waals surface area contributed by atoms with E-state index < -0.39 is 0 Å². The summed E-state index contributed by atoms with van der Waals surface area (Å²) in [5, 5.41) is 16.8. The maximum Gasteiger partial charge on any atom is 0.248 e. The molecule has 0 aliphatic carbocycles. The molecule has 0 saturated heterocycles. The number of carbonyl (C=O) groups is 1. The minimum absolute atomic E-state index is 0.0296. The van der Waals surface area contributed by atoms with Gasteiger partial charge >= 0.3 is 0 Å². The van der Waals surface area contributed by atoms with Gasteiger partial charge in [-0.2, -0.15) is 4.80 Å². The lowest BCUT2D eigenvalue weighted by Gasteiger charge is -2.05. The van der Waals surface area contributed by atoms with Gasteiger partial charge in [-0.3, -0.25) is 4.79 Å². The summed E-state index contributed by atoms with van der Waals surface area (Å²) in [7, 11) is 0. The summed E-state index contributed by atoms with van der Waals surface area (Å²) in [5.41, 5.74) is 0.760. The van der Waals surface area contributed by atoms with Crippen LogP contribution in [0.2, 0.25) is 0 Å². The second-order valence-electron chi connectivity index (χ2n) is 4.40. The van der Waals surface area contributed by atoms with E-state index in [1.165, 1.54) is 16.1 Å². The first-order valence-electron chi connectivity index (χ1n) is 6.50.